The van der Waals surface area contributed by atoms with Gasteiger partial charge in [0.05, 0.1) is 0 Å². The molecule has 152 valence electrons. The molecule has 0 aliphatic carbocycles. The molecule has 1 heterocycles. The first kappa shape index (κ1) is 21.8. The third kappa shape index (κ3) is 6.58. The number of likely N-dealkylation sites (N-methyl/N-ethyl adjacent to an activating group) is 1. The Bertz CT molecular complexity index is 890. The third-order valence-corrected chi connectivity index (χ3v) is 4.54. The number of hydrogen-bond donors (Lipinski definition) is 3. The van der Waals surface area contributed by atoms with Gasteiger partial charge in [-0.1, -0.05) is 13.8 Å². The van der Waals surface area contributed by atoms with E-state index < -0.39 is 23.9 Å². The molecular formula is C19H22N6O3S. The second-order valence-electron chi connectivity index (χ2n) is 6.65. The smallest absolute Gasteiger partial charge is 0.325 e. The van der Waals surface area contributed by atoms with E-state index in [4.69, 9.17) is 5.26 Å². The van der Waals surface area contributed by atoms with Crippen molar-refractivity contribution in [2.75, 3.05) is 17.7 Å². The predicted octanol–water partition coefficient (Wildman–Crippen LogP) is 2.87. The van der Waals surface area contributed by atoms with Gasteiger partial charge in [0, 0.05) is 29.9 Å². The van der Waals surface area contributed by atoms with Crippen molar-refractivity contribution in [3.8, 4) is 6.19 Å². The monoisotopic (exact) mass is 414 g/mol. The molecule has 2 rings (SSSR count). The highest BCUT2D eigenvalue weighted by atomic mass is 32.1. The number of nitrogens with zero attached hydrogens (tertiary/aromatic N) is 3. The number of nitrogens with one attached hydrogen (secondary N) is 3. The molecule has 4 amide bonds. The van der Waals surface area contributed by atoms with Crippen molar-refractivity contribution in [3.63, 3.8) is 0 Å². The van der Waals surface area contributed by atoms with Crippen LogP contribution in [0, 0.1) is 17.4 Å². The van der Waals surface area contributed by atoms with Gasteiger partial charge in [-0.05, 0) is 36.6 Å². The summed E-state index contributed by atoms with van der Waals surface area (Å²) in [6.45, 7) is 3.85. The van der Waals surface area contributed by atoms with E-state index in [1.807, 2.05) is 13.8 Å². The van der Waals surface area contributed by atoms with Gasteiger partial charge < -0.3 is 10.6 Å². The van der Waals surface area contributed by atoms with Gasteiger partial charge in [-0.2, -0.15) is 5.26 Å². The van der Waals surface area contributed by atoms with Crippen LogP contribution in [0.3, 0.4) is 0 Å². The zero-order valence-electron chi connectivity index (χ0n) is 16.3. The van der Waals surface area contributed by atoms with Crippen LogP contribution < -0.4 is 16.0 Å². The molecule has 29 heavy (non-hydrogen) atoms. The third-order valence-electron chi connectivity index (χ3n) is 3.85. The van der Waals surface area contributed by atoms with Crippen LogP contribution in [-0.2, 0) is 4.79 Å². The van der Waals surface area contributed by atoms with Crippen LogP contribution >= 0.6 is 11.3 Å². The Kier molecular flexibility index (Phi) is 7.68. The first-order valence-electron chi connectivity index (χ1n) is 8.86. The Hall–Kier alpha value is -3.45. The zero-order valence-corrected chi connectivity index (χ0v) is 17.1. The standard InChI is InChI=1S/C19H22N6O3S/c1-12(2)10-15(17(27)25(3)11-20)23-16(26)13-4-6-14(7-5-13)22-18(28)24-19-21-8-9-29-19/h4-9,12,15H,10H2,1-3H3,(H,23,26)(H2,21,22,24,28). The van der Waals surface area contributed by atoms with E-state index in [9.17, 15) is 14.4 Å². The lowest BCUT2D eigenvalue weighted by molar-refractivity contribution is -0.129. The zero-order chi connectivity index (χ0) is 21.4. The topological polar surface area (TPSA) is 127 Å². The fraction of sp³-hybridized carbons (Fsp3) is 0.316. The summed E-state index contributed by atoms with van der Waals surface area (Å²) in [6.07, 6.45) is 3.75. The number of carbonyl (C=O) groups is 3. The number of anilines is 2. The van der Waals surface area contributed by atoms with Gasteiger partial charge in [0.1, 0.15) is 6.04 Å². The largest absolute Gasteiger partial charge is 0.340 e. The molecule has 0 aliphatic heterocycles. The Labute approximate surface area is 172 Å². The van der Waals surface area contributed by atoms with Gasteiger partial charge in [0.2, 0.25) is 0 Å². The minimum Gasteiger partial charge on any atom is -0.340 e. The lowest BCUT2D eigenvalue weighted by Crippen LogP contribution is -2.46. The molecule has 10 heteroatoms. The molecule has 0 saturated carbocycles. The predicted molar refractivity (Wildman–Crippen MR) is 110 cm³/mol. The quantitative estimate of drug-likeness (QED) is 0.474. The second kappa shape index (κ2) is 10.2. The molecule has 1 atom stereocenters. The molecule has 1 unspecified atom stereocenters. The molecule has 9 nitrogen and oxygen atoms in total. The number of urea groups is 1. The van der Waals surface area contributed by atoms with Crippen molar-refractivity contribution >= 4 is 40.0 Å². The van der Waals surface area contributed by atoms with E-state index in [2.05, 4.69) is 20.9 Å². The van der Waals surface area contributed by atoms with Gasteiger partial charge in [0.15, 0.2) is 11.3 Å². The highest BCUT2D eigenvalue weighted by Crippen LogP contribution is 2.14. The maximum atomic E-state index is 12.5. The van der Waals surface area contributed by atoms with Crippen molar-refractivity contribution in [3.05, 3.63) is 41.4 Å². The minimum absolute atomic E-state index is 0.152. The lowest BCUT2D eigenvalue weighted by atomic mass is 10.0. The number of thiazole rings is 1. The molecule has 0 saturated heterocycles. The molecule has 1 aromatic heterocycles. The maximum absolute atomic E-state index is 12.5. The van der Waals surface area contributed by atoms with E-state index in [0.29, 0.717) is 22.8 Å². The van der Waals surface area contributed by atoms with E-state index in [0.717, 1.165) is 4.90 Å². The molecule has 0 fully saturated rings. The van der Waals surface area contributed by atoms with Crippen LogP contribution in [0.15, 0.2) is 35.8 Å². The minimum atomic E-state index is -0.797. The SMILES string of the molecule is CC(C)CC(NC(=O)c1ccc(NC(=O)Nc2nccs2)cc1)C(=O)N(C)C#N. The number of rotatable bonds is 7. The summed E-state index contributed by atoms with van der Waals surface area (Å²) < 4.78 is 0. The summed E-state index contributed by atoms with van der Waals surface area (Å²) in [5.41, 5.74) is 0.826. The molecule has 0 aliphatic rings. The van der Waals surface area contributed by atoms with E-state index >= 15 is 0 Å². The molecule has 0 spiro atoms. The van der Waals surface area contributed by atoms with Crippen LogP contribution in [0.25, 0.3) is 0 Å². The fourth-order valence-electron chi connectivity index (χ4n) is 2.47. The highest BCUT2D eigenvalue weighted by Gasteiger charge is 2.25. The Morgan fingerprint density at radius 1 is 1.21 bits per heavy atom. The summed E-state index contributed by atoms with van der Waals surface area (Å²) in [5.74, 6) is -0.750. The van der Waals surface area contributed by atoms with Gasteiger partial charge in [-0.25, -0.2) is 9.78 Å². The van der Waals surface area contributed by atoms with E-state index in [1.54, 1.807) is 42.0 Å². The first-order chi connectivity index (χ1) is 13.8. The van der Waals surface area contributed by atoms with Crippen LogP contribution in [0.1, 0.15) is 30.6 Å². The fourth-order valence-corrected chi connectivity index (χ4v) is 2.99. The number of aromatic nitrogens is 1. The van der Waals surface area contributed by atoms with Crippen molar-refractivity contribution in [1.82, 2.24) is 15.2 Å². The van der Waals surface area contributed by atoms with Gasteiger partial charge in [-0.15, -0.1) is 11.3 Å². The molecule has 3 N–H and O–H groups in total. The summed E-state index contributed by atoms with van der Waals surface area (Å²) in [4.78, 5) is 41.6. The number of hydrogen-bond acceptors (Lipinski definition) is 6. The number of nitriles is 1. The van der Waals surface area contributed by atoms with Crippen molar-refractivity contribution in [2.45, 2.75) is 26.3 Å². The van der Waals surface area contributed by atoms with E-state index in [1.165, 1.54) is 18.4 Å². The average Bonchev–Trinajstić information content (AvgIpc) is 3.19. The van der Waals surface area contributed by atoms with Gasteiger partial charge in [0.25, 0.3) is 11.8 Å². The maximum Gasteiger partial charge on any atom is 0.325 e. The molecule has 1 aromatic carbocycles. The number of carbonyl (C=O) groups excluding carboxylic acids is 3. The summed E-state index contributed by atoms with van der Waals surface area (Å²) in [5, 5.41) is 19.1. The van der Waals surface area contributed by atoms with Gasteiger partial charge >= 0.3 is 6.03 Å². The summed E-state index contributed by atoms with van der Waals surface area (Å²) in [6, 6.07) is 5.00. The van der Waals surface area contributed by atoms with Crippen LogP contribution in [0.5, 0.6) is 0 Å². The Morgan fingerprint density at radius 3 is 2.45 bits per heavy atom. The second-order valence-corrected chi connectivity index (χ2v) is 7.54. The number of benzene rings is 1. The summed E-state index contributed by atoms with van der Waals surface area (Å²) in [7, 11) is 1.36. The Morgan fingerprint density at radius 2 is 1.90 bits per heavy atom. The average molecular weight is 414 g/mol. The van der Waals surface area contributed by atoms with E-state index in [-0.39, 0.29) is 5.92 Å². The normalized spacial score (nSPS) is 11.3. The lowest BCUT2D eigenvalue weighted by Gasteiger charge is -2.21. The molecule has 2 aromatic rings. The number of amides is 4. The molecular weight excluding hydrogens is 392 g/mol. The van der Waals surface area contributed by atoms with Crippen molar-refractivity contribution < 1.29 is 14.4 Å². The van der Waals surface area contributed by atoms with Crippen molar-refractivity contribution in [1.29, 1.82) is 5.26 Å². The van der Waals surface area contributed by atoms with Crippen LogP contribution in [-0.4, -0.2) is 40.8 Å². The van der Waals surface area contributed by atoms with Gasteiger partial charge in [-0.3, -0.25) is 19.8 Å². The summed E-state index contributed by atoms with van der Waals surface area (Å²) >= 11 is 1.30. The Balaban J connectivity index is 2.00. The first-order valence-corrected chi connectivity index (χ1v) is 9.73. The molecule has 0 bridgehead atoms. The highest BCUT2D eigenvalue weighted by molar-refractivity contribution is 7.13. The van der Waals surface area contributed by atoms with Crippen molar-refractivity contribution in [2.24, 2.45) is 5.92 Å². The van der Waals surface area contributed by atoms with Crippen LogP contribution in [0.2, 0.25) is 0 Å². The molecule has 0 radical (unpaired) electrons. The van der Waals surface area contributed by atoms with Crippen LogP contribution in [0.4, 0.5) is 15.6 Å².